The van der Waals surface area contributed by atoms with Gasteiger partial charge in [-0.15, -0.1) is 0 Å². The lowest BCUT2D eigenvalue weighted by Gasteiger charge is -2.09. The Labute approximate surface area is 160 Å². The van der Waals surface area contributed by atoms with E-state index in [-0.39, 0.29) is 11.1 Å². The zero-order chi connectivity index (χ0) is 19.9. The van der Waals surface area contributed by atoms with Gasteiger partial charge in [0.25, 0.3) is 11.5 Å². The monoisotopic (exact) mass is 378 g/mol. The third-order valence-corrected chi connectivity index (χ3v) is 3.94. The molecule has 0 radical (unpaired) electrons. The van der Waals surface area contributed by atoms with Crippen molar-refractivity contribution in [3.63, 3.8) is 0 Å². The number of aromatic nitrogens is 1. The van der Waals surface area contributed by atoms with Gasteiger partial charge in [-0.05, 0) is 42.0 Å². The quantitative estimate of drug-likeness (QED) is 0.659. The molecule has 0 saturated heterocycles. The summed E-state index contributed by atoms with van der Waals surface area (Å²) in [5, 5.41) is 11.3. The predicted molar refractivity (Wildman–Crippen MR) is 104 cm³/mol. The number of carboxylic acid groups (broad SMARTS) is 1. The Bertz CT molecular complexity index is 1030. The average Bonchev–Trinajstić information content (AvgIpc) is 2.70. The van der Waals surface area contributed by atoms with Gasteiger partial charge >= 0.3 is 5.97 Å². The number of ether oxygens (including phenoxy) is 1. The molecule has 0 fully saturated rings. The van der Waals surface area contributed by atoms with Crippen LogP contribution in [0.5, 0.6) is 5.75 Å². The number of amides is 1. The first-order chi connectivity index (χ1) is 13.5. The Morgan fingerprint density at radius 2 is 1.68 bits per heavy atom. The first kappa shape index (κ1) is 18.9. The molecule has 7 nitrogen and oxygen atoms in total. The van der Waals surface area contributed by atoms with Crippen LogP contribution in [-0.2, 0) is 11.3 Å². The van der Waals surface area contributed by atoms with E-state index in [0.717, 1.165) is 5.56 Å². The smallest absolute Gasteiger partial charge is 0.341 e. The zero-order valence-corrected chi connectivity index (χ0v) is 14.9. The number of aliphatic carboxylic acids is 1. The summed E-state index contributed by atoms with van der Waals surface area (Å²) in [7, 11) is 0. The third-order valence-electron chi connectivity index (χ3n) is 3.94. The van der Waals surface area contributed by atoms with Gasteiger partial charge in [0.05, 0.1) is 6.54 Å². The van der Waals surface area contributed by atoms with E-state index in [1.807, 2.05) is 30.3 Å². The van der Waals surface area contributed by atoms with Crippen molar-refractivity contribution in [3.8, 4) is 5.75 Å². The number of hydrogen-bond donors (Lipinski definition) is 2. The fourth-order valence-corrected chi connectivity index (χ4v) is 2.59. The molecule has 0 atom stereocenters. The highest BCUT2D eigenvalue weighted by atomic mass is 16.5. The van der Waals surface area contributed by atoms with Crippen LogP contribution in [0.1, 0.15) is 15.9 Å². The van der Waals surface area contributed by atoms with Gasteiger partial charge in [-0.2, -0.15) is 0 Å². The maximum absolute atomic E-state index is 12.6. The second-order valence-electron chi connectivity index (χ2n) is 6.00. The number of hydrogen-bond acceptors (Lipinski definition) is 4. The van der Waals surface area contributed by atoms with Crippen LogP contribution < -0.4 is 15.6 Å². The minimum Gasteiger partial charge on any atom is -0.482 e. The summed E-state index contributed by atoms with van der Waals surface area (Å²) in [6, 6.07) is 18.8. The lowest BCUT2D eigenvalue weighted by atomic mass is 10.2. The van der Waals surface area contributed by atoms with Crippen molar-refractivity contribution in [2.75, 3.05) is 11.9 Å². The molecule has 1 aromatic heterocycles. The zero-order valence-electron chi connectivity index (χ0n) is 14.9. The first-order valence-corrected chi connectivity index (χ1v) is 8.52. The second kappa shape index (κ2) is 8.68. The standard InChI is InChI=1S/C21H18N2O5/c24-19(25)14-28-17-10-8-16(9-11-17)22-20(26)18-7-4-12-23(21(18)27)13-15-5-2-1-3-6-15/h1-12H,13-14H2,(H,22,26)(H,24,25). The van der Waals surface area contributed by atoms with Crippen molar-refractivity contribution >= 4 is 17.6 Å². The van der Waals surface area contributed by atoms with Crippen molar-refractivity contribution in [2.24, 2.45) is 0 Å². The van der Waals surface area contributed by atoms with Crippen molar-refractivity contribution in [1.29, 1.82) is 0 Å². The van der Waals surface area contributed by atoms with E-state index >= 15 is 0 Å². The molecular formula is C21H18N2O5. The summed E-state index contributed by atoms with van der Waals surface area (Å²) in [6.07, 6.45) is 1.64. The van der Waals surface area contributed by atoms with Crippen LogP contribution >= 0.6 is 0 Å². The van der Waals surface area contributed by atoms with Crippen LogP contribution in [0.3, 0.4) is 0 Å². The van der Waals surface area contributed by atoms with E-state index in [4.69, 9.17) is 9.84 Å². The highest BCUT2D eigenvalue weighted by Crippen LogP contribution is 2.16. The summed E-state index contributed by atoms with van der Waals surface area (Å²) in [4.78, 5) is 35.6. The molecule has 7 heteroatoms. The lowest BCUT2D eigenvalue weighted by molar-refractivity contribution is -0.139. The van der Waals surface area contributed by atoms with Gasteiger partial charge in [-0.25, -0.2) is 4.79 Å². The molecule has 3 rings (SSSR count). The maximum Gasteiger partial charge on any atom is 0.341 e. The molecule has 0 aliphatic carbocycles. The van der Waals surface area contributed by atoms with Crippen molar-refractivity contribution in [3.05, 3.63) is 94.4 Å². The molecule has 0 bridgehead atoms. The van der Waals surface area contributed by atoms with E-state index in [2.05, 4.69) is 5.32 Å². The molecule has 2 aromatic carbocycles. The molecule has 142 valence electrons. The van der Waals surface area contributed by atoms with Gasteiger partial charge < -0.3 is 19.7 Å². The summed E-state index contributed by atoms with van der Waals surface area (Å²) < 4.78 is 6.52. The van der Waals surface area contributed by atoms with Crippen LogP contribution in [0.2, 0.25) is 0 Å². The van der Waals surface area contributed by atoms with E-state index in [1.165, 1.54) is 22.8 Å². The van der Waals surface area contributed by atoms with E-state index in [0.29, 0.717) is 18.0 Å². The molecule has 1 amide bonds. The van der Waals surface area contributed by atoms with Crippen LogP contribution in [0.4, 0.5) is 5.69 Å². The number of nitrogens with one attached hydrogen (secondary N) is 1. The molecule has 0 saturated carbocycles. The Kier molecular flexibility index (Phi) is 5.86. The number of rotatable bonds is 7. The number of pyridine rings is 1. The number of benzene rings is 2. The van der Waals surface area contributed by atoms with Crippen LogP contribution in [-0.4, -0.2) is 28.2 Å². The fraction of sp³-hybridized carbons (Fsp3) is 0.0952. The molecule has 1 heterocycles. The highest BCUT2D eigenvalue weighted by Gasteiger charge is 2.13. The normalized spacial score (nSPS) is 10.3. The van der Waals surface area contributed by atoms with E-state index in [9.17, 15) is 14.4 Å². The molecule has 0 spiro atoms. The maximum atomic E-state index is 12.6. The molecule has 2 N–H and O–H groups in total. The molecule has 3 aromatic rings. The number of carbonyl (C=O) groups excluding carboxylic acids is 1. The van der Waals surface area contributed by atoms with Crippen molar-refractivity contribution in [1.82, 2.24) is 4.57 Å². The predicted octanol–water partition coefficient (Wildman–Crippen LogP) is 2.61. The van der Waals surface area contributed by atoms with E-state index in [1.54, 1.807) is 24.4 Å². The number of carboxylic acids is 1. The minimum atomic E-state index is -1.08. The number of carbonyl (C=O) groups is 2. The Morgan fingerprint density at radius 1 is 0.964 bits per heavy atom. The minimum absolute atomic E-state index is 0.0321. The molecular weight excluding hydrogens is 360 g/mol. The van der Waals surface area contributed by atoms with E-state index < -0.39 is 18.5 Å². The first-order valence-electron chi connectivity index (χ1n) is 8.52. The number of anilines is 1. The molecule has 0 aliphatic rings. The van der Waals surface area contributed by atoms with Crippen molar-refractivity contribution < 1.29 is 19.4 Å². The molecule has 28 heavy (non-hydrogen) atoms. The largest absolute Gasteiger partial charge is 0.482 e. The summed E-state index contributed by atoms with van der Waals surface area (Å²) in [5.74, 6) is -1.23. The topological polar surface area (TPSA) is 97.6 Å². The summed E-state index contributed by atoms with van der Waals surface area (Å²) in [5.41, 5.74) is 1.07. The average molecular weight is 378 g/mol. The van der Waals surface area contributed by atoms with Crippen LogP contribution in [0.15, 0.2) is 77.7 Å². The van der Waals surface area contributed by atoms with Gasteiger partial charge in [-0.1, -0.05) is 30.3 Å². The van der Waals surface area contributed by atoms with Gasteiger partial charge in [0.2, 0.25) is 0 Å². The molecule has 0 aliphatic heterocycles. The Balaban J connectivity index is 1.71. The van der Waals surface area contributed by atoms with Gasteiger partial charge in [0.15, 0.2) is 6.61 Å². The number of nitrogens with zero attached hydrogens (tertiary/aromatic N) is 1. The second-order valence-corrected chi connectivity index (χ2v) is 6.00. The summed E-state index contributed by atoms with van der Waals surface area (Å²) >= 11 is 0. The summed E-state index contributed by atoms with van der Waals surface area (Å²) in [6.45, 7) is -0.0763. The lowest BCUT2D eigenvalue weighted by Crippen LogP contribution is -2.29. The SMILES string of the molecule is O=C(O)COc1ccc(NC(=O)c2cccn(Cc3ccccc3)c2=O)cc1. The van der Waals surface area contributed by atoms with Gasteiger partial charge in [0, 0.05) is 11.9 Å². The highest BCUT2D eigenvalue weighted by molar-refractivity contribution is 6.04. The molecule has 0 unspecified atom stereocenters. The van der Waals surface area contributed by atoms with Gasteiger partial charge in [0.1, 0.15) is 11.3 Å². The van der Waals surface area contributed by atoms with Crippen LogP contribution in [0, 0.1) is 0 Å². The Hall–Kier alpha value is -3.87. The fourth-order valence-electron chi connectivity index (χ4n) is 2.59. The third kappa shape index (κ3) is 4.85. The Morgan fingerprint density at radius 3 is 2.36 bits per heavy atom. The van der Waals surface area contributed by atoms with Crippen LogP contribution in [0.25, 0.3) is 0 Å². The van der Waals surface area contributed by atoms with Gasteiger partial charge in [-0.3, -0.25) is 9.59 Å². The van der Waals surface area contributed by atoms with Crippen molar-refractivity contribution in [2.45, 2.75) is 6.54 Å².